The third kappa shape index (κ3) is 5.64. The minimum atomic E-state index is -0.318. The first-order valence-electron chi connectivity index (χ1n) is 9.51. The van der Waals surface area contributed by atoms with Gasteiger partial charge in [0, 0.05) is 6.08 Å². The van der Waals surface area contributed by atoms with Crippen LogP contribution in [0.5, 0.6) is 0 Å². The fraction of sp³-hybridized carbons (Fsp3) is 0.800. The van der Waals surface area contributed by atoms with E-state index in [1.54, 1.807) is 0 Å². The Morgan fingerprint density at radius 3 is 2.12 bits per heavy atom. The van der Waals surface area contributed by atoms with Crippen molar-refractivity contribution in [1.29, 1.82) is 0 Å². The lowest BCUT2D eigenvalue weighted by molar-refractivity contribution is -0.147. The van der Waals surface area contributed by atoms with E-state index in [0.29, 0.717) is 6.61 Å². The predicted molar refractivity (Wildman–Crippen MR) is 93.3 cm³/mol. The lowest BCUT2D eigenvalue weighted by Gasteiger charge is -2.37. The van der Waals surface area contributed by atoms with Crippen molar-refractivity contribution in [3.63, 3.8) is 0 Å². The quantitative estimate of drug-likeness (QED) is 0.395. The molecular weight excluding hydrogens is 304 g/mol. The predicted octanol–water partition coefficient (Wildman–Crippen LogP) is 4.28. The van der Waals surface area contributed by atoms with Gasteiger partial charge < -0.3 is 9.47 Å². The van der Waals surface area contributed by atoms with Gasteiger partial charge in [-0.25, -0.2) is 4.79 Å². The molecule has 0 aliphatic heterocycles. The maximum absolute atomic E-state index is 11.6. The van der Waals surface area contributed by atoms with Gasteiger partial charge >= 0.3 is 11.9 Å². The Morgan fingerprint density at radius 2 is 1.58 bits per heavy atom. The van der Waals surface area contributed by atoms with Crippen LogP contribution in [0.25, 0.3) is 0 Å². The van der Waals surface area contributed by atoms with Crippen LogP contribution in [0, 0.1) is 23.7 Å². The molecule has 136 valence electrons. The van der Waals surface area contributed by atoms with Crippen molar-refractivity contribution in [2.45, 2.75) is 64.2 Å². The van der Waals surface area contributed by atoms with Crippen LogP contribution in [-0.4, -0.2) is 25.7 Å². The molecule has 2 fully saturated rings. The largest absolute Gasteiger partial charge is 0.469 e. The highest BCUT2D eigenvalue weighted by Gasteiger charge is 2.33. The molecule has 0 amide bonds. The van der Waals surface area contributed by atoms with E-state index in [4.69, 9.17) is 9.47 Å². The van der Waals surface area contributed by atoms with Crippen molar-refractivity contribution in [2.24, 2.45) is 23.7 Å². The highest BCUT2D eigenvalue weighted by Crippen LogP contribution is 2.42. The van der Waals surface area contributed by atoms with Crippen LogP contribution in [0.2, 0.25) is 0 Å². The van der Waals surface area contributed by atoms with Gasteiger partial charge in [0.2, 0.25) is 0 Å². The fourth-order valence-electron chi connectivity index (χ4n) is 4.54. The molecule has 0 aromatic heterocycles. The van der Waals surface area contributed by atoms with Crippen molar-refractivity contribution in [3.05, 3.63) is 12.7 Å². The molecule has 0 spiro atoms. The van der Waals surface area contributed by atoms with E-state index < -0.39 is 0 Å². The number of carbonyl (C=O) groups is 2. The van der Waals surface area contributed by atoms with Gasteiger partial charge in [0.1, 0.15) is 0 Å². The summed E-state index contributed by atoms with van der Waals surface area (Å²) in [6.45, 7) is 3.92. The lowest BCUT2D eigenvalue weighted by Crippen LogP contribution is -2.28. The number of hydrogen-bond donors (Lipinski definition) is 0. The van der Waals surface area contributed by atoms with Gasteiger partial charge in [-0.15, -0.1) is 0 Å². The standard InChI is InChI=1S/C20H32O4/c1-3-19(21)24-14-4-5-15-6-8-16(9-7-15)17-10-12-18(13-11-17)20(22)23-2/h3,15-18H,1,4-14H2,2H3. The van der Waals surface area contributed by atoms with Gasteiger partial charge in [0.05, 0.1) is 19.6 Å². The van der Waals surface area contributed by atoms with Crippen molar-refractivity contribution in [2.75, 3.05) is 13.7 Å². The third-order valence-electron chi connectivity index (χ3n) is 6.03. The zero-order chi connectivity index (χ0) is 17.4. The smallest absolute Gasteiger partial charge is 0.330 e. The molecule has 0 N–H and O–H groups in total. The zero-order valence-electron chi connectivity index (χ0n) is 15.0. The Morgan fingerprint density at radius 1 is 1.00 bits per heavy atom. The Labute approximate surface area is 146 Å². The first kappa shape index (κ1) is 19.0. The van der Waals surface area contributed by atoms with E-state index in [2.05, 4.69) is 6.58 Å². The Kier molecular flexibility index (Phi) is 7.80. The third-order valence-corrected chi connectivity index (χ3v) is 6.03. The van der Waals surface area contributed by atoms with E-state index in [9.17, 15) is 9.59 Å². The summed E-state index contributed by atoms with van der Waals surface area (Å²) in [7, 11) is 1.49. The van der Waals surface area contributed by atoms with Crippen LogP contribution in [0.1, 0.15) is 64.2 Å². The maximum atomic E-state index is 11.6. The minimum Gasteiger partial charge on any atom is -0.469 e. The topological polar surface area (TPSA) is 52.6 Å². The molecular formula is C20H32O4. The first-order valence-corrected chi connectivity index (χ1v) is 9.51. The summed E-state index contributed by atoms with van der Waals surface area (Å²) >= 11 is 0. The molecule has 4 nitrogen and oxygen atoms in total. The molecule has 2 saturated carbocycles. The number of carbonyl (C=O) groups excluding carboxylic acids is 2. The monoisotopic (exact) mass is 336 g/mol. The molecule has 0 atom stereocenters. The highest BCUT2D eigenvalue weighted by atomic mass is 16.5. The Balaban J connectivity index is 1.60. The number of esters is 2. The van der Waals surface area contributed by atoms with Gasteiger partial charge in [0.25, 0.3) is 0 Å². The fourth-order valence-corrected chi connectivity index (χ4v) is 4.54. The first-order chi connectivity index (χ1) is 11.6. The Bertz CT molecular complexity index is 415. The van der Waals surface area contributed by atoms with Gasteiger partial charge in [-0.1, -0.05) is 19.4 Å². The molecule has 2 aliphatic carbocycles. The summed E-state index contributed by atoms with van der Waals surface area (Å²) in [4.78, 5) is 22.6. The number of ether oxygens (including phenoxy) is 2. The van der Waals surface area contributed by atoms with E-state index >= 15 is 0 Å². The van der Waals surface area contributed by atoms with E-state index in [-0.39, 0.29) is 17.9 Å². The average Bonchev–Trinajstić information content (AvgIpc) is 2.65. The molecule has 2 aliphatic rings. The van der Waals surface area contributed by atoms with E-state index in [1.165, 1.54) is 51.7 Å². The van der Waals surface area contributed by atoms with Crippen LogP contribution in [0.3, 0.4) is 0 Å². The van der Waals surface area contributed by atoms with E-state index in [0.717, 1.165) is 43.4 Å². The second-order valence-electron chi connectivity index (χ2n) is 7.43. The molecule has 2 rings (SSSR count). The van der Waals surface area contributed by atoms with Crippen LogP contribution in [0.4, 0.5) is 0 Å². The molecule has 24 heavy (non-hydrogen) atoms. The van der Waals surface area contributed by atoms with Crippen LogP contribution >= 0.6 is 0 Å². The molecule has 0 heterocycles. The molecule has 0 aromatic rings. The minimum absolute atomic E-state index is 0.0192. The second-order valence-corrected chi connectivity index (χ2v) is 7.43. The summed E-state index contributed by atoms with van der Waals surface area (Å²) in [5.41, 5.74) is 0. The SMILES string of the molecule is C=CC(=O)OCCCC1CCC(C2CCC(C(=O)OC)CC2)CC1. The second kappa shape index (κ2) is 9.85. The normalized spacial score (nSPS) is 30.4. The van der Waals surface area contributed by atoms with Crippen LogP contribution < -0.4 is 0 Å². The zero-order valence-corrected chi connectivity index (χ0v) is 15.0. The molecule has 0 saturated heterocycles. The van der Waals surface area contributed by atoms with Crippen LogP contribution in [0.15, 0.2) is 12.7 Å². The summed E-state index contributed by atoms with van der Waals surface area (Å²) in [5, 5.41) is 0. The van der Waals surface area contributed by atoms with Gasteiger partial charge in [-0.3, -0.25) is 4.79 Å². The van der Waals surface area contributed by atoms with Gasteiger partial charge in [0.15, 0.2) is 0 Å². The molecule has 0 bridgehead atoms. The van der Waals surface area contributed by atoms with Gasteiger partial charge in [-0.05, 0) is 69.1 Å². The highest BCUT2D eigenvalue weighted by molar-refractivity contribution is 5.81. The van der Waals surface area contributed by atoms with Crippen molar-refractivity contribution >= 4 is 11.9 Å². The molecule has 0 aromatic carbocycles. The van der Waals surface area contributed by atoms with E-state index in [1.807, 2.05) is 0 Å². The average molecular weight is 336 g/mol. The summed E-state index contributed by atoms with van der Waals surface area (Å²) in [5.74, 6) is 2.24. The maximum Gasteiger partial charge on any atom is 0.330 e. The Hall–Kier alpha value is -1.32. The van der Waals surface area contributed by atoms with Crippen LogP contribution in [-0.2, 0) is 19.1 Å². The lowest BCUT2D eigenvalue weighted by atomic mass is 9.69. The summed E-state index contributed by atoms with van der Waals surface area (Å²) in [6, 6.07) is 0. The van der Waals surface area contributed by atoms with Gasteiger partial charge in [-0.2, -0.15) is 0 Å². The molecule has 4 heteroatoms. The van der Waals surface area contributed by atoms with Crippen molar-refractivity contribution in [1.82, 2.24) is 0 Å². The number of rotatable bonds is 7. The summed E-state index contributed by atoms with van der Waals surface area (Å²) < 4.78 is 9.92. The molecule has 0 unspecified atom stereocenters. The van der Waals surface area contributed by atoms with Crippen molar-refractivity contribution < 1.29 is 19.1 Å². The number of methoxy groups -OCH3 is 1. The number of hydrogen-bond acceptors (Lipinski definition) is 4. The molecule has 0 radical (unpaired) electrons. The summed E-state index contributed by atoms with van der Waals surface area (Å²) in [6.07, 6.45) is 13.0. The van der Waals surface area contributed by atoms with Crippen molar-refractivity contribution in [3.8, 4) is 0 Å².